The van der Waals surface area contributed by atoms with Crippen molar-refractivity contribution >= 4 is 5.97 Å². The molecule has 6 nitrogen and oxygen atoms in total. The number of carboxylic acids is 1. The molecular weight excluding hydrogens is 468 g/mol. The van der Waals surface area contributed by atoms with Gasteiger partial charge in [-0.15, -0.1) is 0 Å². The van der Waals surface area contributed by atoms with Crippen LogP contribution in [0, 0.1) is 23.7 Å². The highest BCUT2D eigenvalue weighted by atomic mass is 16.7. The Balaban J connectivity index is 1.32. The lowest BCUT2D eigenvalue weighted by molar-refractivity contribution is -0.201. The molecule has 0 aromatic rings. The van der Waals surface area contributed by atoms with Crippen LogP contribution in [-0.2, 0) is 23.7 Å². The fourth-order valence-electron chi connectivity index (χ4n) is 7.38. The molecule has 0 bridgehead atoms. The molecule has 6 heteroatoms. The van der Waals surface area contributed by atoms with Crippen molar-refractivity contribution in [2.75, 3.05) is 13.2 Å². The summed E-state index contributed by atoms with van der Waals surface area (Å²) in [4.78, 5) is 10.9. The van der Waals surface area contributed by atoms with Crippen molar-refractivity contribution in [1.29, 1.82) is 0 Å². The van der Waals surface area contributed by atoms with Gasteiger partial charge in [0.2, 0.25) is 0 Å². The molecule has 6 atom stereocenters. The Bertz CT molecular complexity index is 788. The van der Waals surface area contributed by atoms with E-state index in [0.717, 1.165) is 95.5 Å². The van der Waals surface area contributed by atoms with Gasteiger partial charge in [0.05, 0.1) is 12.7 Å². The van der Waals surface area contributed by atoms with Crippen molar-refractivity contribution in [2.24, 2.45) is 23.7 Å². The number of fused-ring (bicyclic) bond motifs is 1. The maximum atomic E-state index is 10.9. The molecule has 4 fully saturated rings. The molecule has 1 N–H and O–H groups in total. The molecule has 3 aliphatic carbocycles. The second kappa shape index (κ2) is 13.6. The summed E-state index contributed by atoms with van der Waals surface area (Å²) in [5.74, 6) is 2.42. The van der Waals surface area contributed by atoms with Gasteiger partial charge in [-0.3, -0.25) is 4.79 Å². The number of allylic oxidation sites excluding steroid dienone is 3. The first-order chi connectivity index (χ1) is 18.2. The fraction of sp³-hybridized carbons (Fsp3) is 0.839. The van der Waals surface area contributed by atoms with Crippen LogP contribution >= 0.6 is 0 Å². The van der Waals surface area contributed by atoms with Gasteiger partial charge in [-0.25, -0.2) is 0 Å². The Hall–Kier alpha value is -1.37. The van der Waals surface area contributed by atoms with Gasteiger partial charge in [0.25, 0.3) is 0 Å². The quantitative estimate of drug-likeness (QED) is 0.169. The molecule has 2 heterocycles. The molecule has 2 aliphatic heterocycles. The third-order valence-electron chi connectivity index (χ3n) is 9.33. The molecule has 37 heavy (non-hydrogen) atoms. The van der Waals surface area contributed by atoms with E-state index in [0.29, 0.717) is 11.8 Å². The topological polar surface area (TPSA) is 74.2 Å². The largest absolute Gasteiger partial charge is 0.481 e. The van der Waals surface area contributed by atoms with Crippen molar-refractivity contribution < 1.29 is 28.8 Å². The SMILES string of the molecule is O=C(O)CCCCC1=C[C@@H]2C[C@@H](OC3CCCCO3)[C@H](C(=CCC3CCCC3)OC3CCCCO3)[C@@H]2C1. The summed E-state index contributed by atoms with van der Waals surface area (Å²) in [7, 11) is 0. The molecule has 2 saturated heterocycles. The van der Waals surface area contributed by atoms with Crippen molar-refractivity contribution in [1.82, 2.24) is 0 Å². The van der Waals surface area contributed by atoms with Crippen molar-refractivity contribution in [3.63, 3.8) is 0 Å². The third kappa shape index (κ3) is 7.60. The molecule has 0 aromatic heterocycles. The minimum Gasteiger partial charge on any atom is -0.481 e. The lowest BCUT2D eigenvalue weighted by Crippen LogP contribution is -2.34. The van der Waals surface area contributed by atoms with Crippen molar-refractivity contribution in [3.05, 3.63) is 23.5 Å². The highest BCUT2D eigenvalue weighted by Gasteiger charge is 2.49. The van der Waals surface area contributed by atoms with Gasteiger partial charge in [-0.2, -0.15) is 0 Å². The van der Waals surface area contributed by atoms with Crippen LogP contribution in [0.25, 0.3) is 0 Å². The zero-order chi connectivity index (χ0) is 25.5. The number of carbonyl (C=O) groups is 1. The van der Waals surface area contributed by atoms with Gasteiger partial charge in [0, 0.05) is 25.4 Å². The average molecular weight is 517 g/mol. The summed E-state index contributed by atoms with van der Waals surface area (Å²) in [6.07, 6.45) is 22.9. The summed E-state index contributed by atoms with van der Waals surface area (Å²) in [5.41, 5.74) is 1.50. The first-order valence-corrected chi connectivity index (χ1v) is 15.3. The van der Waals surface area contributed by atoms with Crippen LogP contribution in [0.3, 0.4) is 0 Å². The van der Waals surface area contributed by atoms with E-state index in [4.69, 9.17) is 24.1 Å². The number of hydrogen-bond acceptors (Lipinski definition) is 5. The predicted molar refractivity (Wildman–Crippen MR) is 142 cm³/mol. The first-order valence-electron chi connectivity index (χ1n) is 15.3. The van der Waals surface area contributed by atoms with E-state index >= 15 is 0 Å². The number of rotatable bonds is 12. The number of unbranched alkanes of at least 4 members (excludes halogenated alkanes) is 1. The lowest BCUT2D eigenvalue weighted by Gasteiger charge is -2.34. The molecule has 0 aromatic carbocycles. The summed E-state index contributed by atoms with van der Waals surface area (Å²) in [6, 6.07) is 0. The van der Waals surface area contributed by atoms with Crippen LogP contribution in [-0.4, -0.2) is 43.0 Å². The van der Waals surface area contributed by atoms with E-state index < -0.39 is 5.97 Å². The monoisotopic (exact) mass is 516 g/mol. The number of hydrogen-bond donors (Lipinski definition) is 1. The summed E-state index contributed by atoms with van der Waals surface area (Å²) >= 11 is 0. The lowest BCUT2D eigenvalue weighted by atomic mass is 9.86. The Morgan fingerprint density at radius 2 is 1.70 bits per heavy atom. The van der Waals surface area contributed by atoms with E-state index in [-0.39, 0.29) is 31.0 Å². The average Bonchev–Trinajstić information content (AvgIpc) is 3.63. The molecule has 5 rings (SSSR count). The Labute approximate surface area is 223 Å². The molecule has 2 saturated carbocycles. The van der Waals surface area contributed by atoms with Crippen LogP contribution < -0.4 is 0 Å². The van der Waals surface area contributed by atoms with E-state index in [1.807, 2.05) is 0 Å². The molecule has 208 valence electrons. The standard InChI is InChI=1S/C31H48O6/c32-28(33)12-4-3-11-23-19-24-21-27(37-30-14-6-8-18-35-30)31(25(24)20-23)26(16-15-22-9-1-2-10-22)36-29-13-5-7-17-34-29/h16,19,22,24-25,27,29-31H,1-15,17-18,20-21H2,(H,32,33)/t24-,25-,27-,29?,30?,31+/m1/s1. The van der Waals surface area contributed by atoms with E-state index in [2.05, 4.69) is 12.2 Å². The van der Waals surface area contributed by atoms with Crippen molar-refractivity contribution in [2.45, 2.75) is 128 Å². The van der Waals surface area contributed by atoms with Gasteiger partial charge in [-0.1, -0.05) is 37.3 Å². The Morgan fingerprint density at radius 3 is 2.41 bits per heavy atom. The number of aliphatic carboxylic acids is 1. The molecule has 2 unspecified atom stereocenters. The summed E-state index contributed by atoms with van der Waals surface area (Å²) < 4.78 is 25.5. The fourth-order valence-corrected chi connectivity index (χ4v) is 7.38. The molecule has 0 radical (unpaired) electrons. The minimum atomic E-state index is -0.693. The number of ether oxygens (including phenoxy) is 4. The zero-order valence-corrected chi connectivity index (χ0v) is 22.6. The second-order valence-corrected chi connectivity index (χ2v) is 12.1. The minimum absolute atomic E-state index is 0.0958. The molecule has 0 amide bonds. The molecule has 0 spiro atoms. The van der Waals surface area contributed by atoms with Gasteiger partial charge in [0.1, 0.15) is 5.76 Å². The van der Waals surface area contributed by atoms with Crippen LogP contribution in [0.15, 0.2) is 23.5 Å². The smallest absolute Gasteiger partial charge is 0.303 e. The van der Waals surface area contributed by atoms with E-state index in [1.165, 1.54) is 37.7 Å². The van der Waals surface area contributed by atoms with Gasteiger partial charge >= 0.3 is 5.97 Å². The van der Waals surface area contributed by atoms with Crippen LogP contribution in [0.2, 0.25) is 0 Å². The van der Waals surface area contributed by atoms with Gasteiger partial charge < -0.3 is 24.1 Å². The maximum Gasteiger partial charge on any atom is 0.303 e. The highest BCUT2D eigenvalue weighted by molar-refractivity contribution is 5.66. The van der Waals surface area contributed by atoms with Crippen LogP contribution in [0.1, 0.15) is 109 Å². The first kappa shape index (κ1) is 27.2. The highest BCUT2D eigenvalue weighted by Crippen LogP contribution is 2.52. The molecule has 5 aliphatic rings. The second-order valence-electron chi connectivity index (χ2n) is 12.1. The zero-order valence-electron chi connectivity index (χ0n) is 22.6. The Kier molecular flexibility index (Phi) is 10.0. The number of carboxylic acid groups (broad SMARTS) is 1. The predicted octanol–water partition coefficient (Wildman–Crippen LogP) is 7.13. The third-order valence-corrected chi connectivity index (χ3v) is 9.33. The van der Waals surface area contributed by atoms with E-state index in [1.54, 1.807) is 0 Å². The van der Waals surface area contributed by atoms with Crippen molar-refractivity contribution in [3.8, 4) is 0 Å². The van der Waals surface area contributed by atoms with Gasteiger partial charge in [0.15, 0.2) is 12.6 Å². The van der Waals surface area contributed by atoms with Crippen LogP contribution in [0.4, 0.5) is 0 Å². The summed E-state index contributed by atoms with van der Waals surface area (Å²) in [5, 5.41) is 8.99. The molecular formula is C31H48O6. The maximum absolute atomic E-state index is 10.9. The summed E-state index contributed by atoms with van der Waals surface area (Å²) in [6.45, 7) is 1.58. The Morgan fingerprint density at radius 1 is 0.973 bits per heavy atom. The normalized spacial score (nSPS) is 34.9. The van der Waals surface area contributed by atoms with Crippen LogP contribution in [0.5, 0.6) is 0 Å². The van der Waals surface area contributed by atoms with E-state index in [9.17, 15) is 4.79 Å². The van der Waals surface area contributed by atoms with Gasteiger partial charge in [-0.05, 0) is 94.5 Å².